The fourth-order valence-corrected chi connectivity index (χ4v) is 4.71. The summed E-state index contributed by atoms with van der Waals surface area (Å²) in [7, 11) is -0.995. The Bertz CT molecular complexity index is 375. The maximum Gasteiger partial charge on any atom is 0.188 e. The van der Waals surface area contributed by atoms with E-state index in [2.05, 4.69) is 0 Å². The van der Waals surface area contributed by atoms with Crippen molar-refractivity contribution in [2.24, 2.45) is 0 Å². The highest BCUT2D eigenvalue weighted by Gasteiger charge is 2.28. The van der Waals surface area contributed by atoms with Crippen LogP contribution in [0.1, 0.15) is 16.8 Å². The van der Waals surface area contributed by atoms with Crippen LogP contribution < -0.4 is 0 Å². The van der Waals surface area contributed by atoms with Gasteiger partial charge in [0, 0.05) is 22.1 Å². The summed E-state index contributed by atoms with van der Waals surface area (Å²) < 4.78 is 11.3. The summed E-state index contributed by atoms with van der Waals surface area (Å²) in [5.74, 6) is 1.62. The number of hydrogen-bond donors (Lipinski definition) is 0. The minimum absolute atomic E-state index is 0.0126. The normalized spacial score (nSPS) is 26.1. The Balaban J connectivity index is 2.17. The van der Waals surface area contributed by atoms with E-state index in [1.807, 2.05) is 18.2 Å². The van der Waals surface area contributed by atoms with E-state index in [0.717, 1.165) is 12.2 Å². The molecule has 15 heavy (non-hydrogen) atoms. The zero-order chi connectivity index (χ0) is 10.7. The minimum atomic E-state index is -0.995. The molecular weight excluding hydrogens is 228 g/mol. The lowest BCUT2D eigenvalue weighted by atomic mass is 10.1. The number of carbonyl (C=O) groups excluding carboxylic acids is 1. The zero-order valence-corrected chi connectivity index (χ0v) is 9.85. The van der Waals surface area contributed by atoms with Gasteiger partial charge in [-0.25, -0.2) is 0 Å². The first kappa shape index (κ1) is 10.9. The summed E-state index contributed by atoms with van der Waals surface area (Å²) in [6, 6.07) is 9.12. The van der Waals surface area contributed by atoms with Crippen LogP contribution in [0.25, 0.3) is 0 Å². The second-order valence-electron chi connectivity index (χ2n) is 3.37. The van der Waals surface area contributed by atoms with Gasteiger partial charge in [-0.3, -0.25) is 9.00 Å². The van der Waals surface area contributed by atoms with Gasteiger partial charge in [-0.2, -0.15) is 0 Å². The number of ketones is 1. The molecule has 4 heteroatoms. The van der Waals surface area contributed by atoms with Crippen molar-refractivity contribution in [2.75, 3.05) is 11.5 Å². The molecule has 0 radical (unpaired) electrons. The van der Waals surface area contributed by atoms with Crippen LogP contribution >= 0.6 is 11.8 Å². The van der Waals surface area contributed by atoms with E-state index < -0.39 is 10.8 Å². The van der Waals surface area contributed by atoms with Gasteiger partial charge in [0.15, 0.2) is 5.78 Å². The van der Waals surface area contributed by atoms with Crippen molar-refractivity contribution in [3.8, 4) is 0 Å². The lowest BCUT2D eigenvalue weighted by molar-refractivity contribution is 0.101. The van der Waals surface area contributed by atoms with Gasteiger partial charge < -0.3 is 0 Å². The number of carbonyl (C=O) groups is 1. The molecule has 1 aromatic carbocycles. The maximum absolute atomic E-state index is 12.0. The molecule has 1 fully saturated rings. The largest absolute Gasteiger partial charge is 0.292 e. The van der Waals surface area contributed by atoms with E-state index in [1.165, 1.54) is 11.8 Å². The molecule has 2 nitrogen and oxygen atoms in total. The molecule has 0 saturated carbocycles. The molecule has 0 N–H and O–H groups in total. The smallest absolute Gasteiger partial charge is 0.188 e. The average Bonchev–Trinajstić information content (AvgIpc) is 2.30. The van der Waals surface area contributed by atoms with Crippen molar-refractivity contribution in [1.29, 1.82) is 0 Å². The van der Waals surface area contributed by atoms with Gasteiger partial charge in [0.2, 0.25) is 0 Å². The van der Waals surface area contributed by atoms with Gasteiger partial charge in [0.1, 0.15) is 4.58 Å². The number of rotatable bonds is 2. The first-order chi connectivity index (χ1) is 7.29. The molecule has 0 aliphatic carbocycles. The van der Waals surface area contributed by atoms with Gasteiger partial charge >= 0.3 is 0 Å². The van der Waals surface area contributed by atoms with Crippen LogP contribution in [0.5, 0.6) is 0 Å². The molecule has 1 heterocycles. The first-order valence-corrected chi connectivity index (χ1v) is 7.30. The van der Waals surface area contributed by atoms with E-state index in [4.69, 9.17) is 0 Å². The van der Waals surface area contributed by atoms with E-state index in [-0.39, 0.29) is 10.4 Å². The zero-order valence-electron chi connectivity index (χ0n) is 8.22. The molecule has 0 aromatic heterocycles. The molecule has 1 aromatic rings. The van der Waals surface area contributed by atoms with Crippen molar-refractivity contribution in [1.82, 2.24) is 0 Å². The molecule has 2 atom stereocenters. The Labute approximate surface area is 95.9 Å². The summed E-state index contributed by atoms with van der Waals surface area (Å²) in [4.78, 5) is 12.0. The number of Topliss-reactive ketones (excluding diaryl/α,β-unsaturated/α-hetero) is 1. The lowest BCUT2D eigenvalue weighted by Gasteiger charge is -2.19. The summed E-state index contributed by atoms with van der Waals surface area (Å²) >= 11 is 1.52. The van der Waals surface area contributed by atoms with E-state index in [9.17, 15) is 9.00 Å². The average molecular weight is 240 g/mol. The predicted molar refractivity (Wildman–Crippen MR) is 64.6 cm³/mol. The van der Waals surface area contributed by atoms with E-state index >= 15 is 0 Å². The van der Waals surface area contributed by atoms with Crippen molar-refractivity contribution in [2.45, 2.75) is 11.0 Å². The van der Waals surface area contributed by atoms with Crippen LogP contribution in [-0.2, 0) is 10.8 Å². The Morgan fingerprint density at radius 1 is 1.33 bits per heavy atom. The van der Waals surface area contributed by atoms with Gasteiger partial charge in [0.05, 0.1) is 0 Å². The number of hydrogen-bond acceptors (Lipinski definition) is 3. The highest BCUT2D eigenvalue weighted by atomic mass is 32.2. The third-order valence-electron chi connectivity index (χ3n) is 2.27. The molecule has 1 aliphatic rings. The highest BCUT2D eigenvalue weighted by molar-refractivity contribution is 8.13. The van der Waals surface area contributed by atoms with Gasteiger partial charge in [-0.1, -0.05) is 30.3 Å². The third-order valence-corrected chi connectivity index (χ3v) is 5.75. The van der Waals surface area contributed by atoms with E-state index in [0.29, 0.717) is 11.3 Å². The van der Waals surface area contributed by atoms with Crippen molar-refractivity contribution < 1.29 is 9.00 Å². The second kappa shape index (κ2) is 4.94. The van der Waals surface area contributed by atoms with E-state index in [1.54, 1.807) is 12.1 Å². The quantitative estimate of drug-likeness (QED) is 0.742. The topological polar surface area (TPSA) is 34.1 Å². The van der Waals surface area contributed by atoms with Gasteiger partial charge in [-0.15, -0.1) is 11.8 Å². The summed E-state index contributed by atoms with van der Waals surface area (Å²) in [5.41, 5.74) is 0.672. The Hall–Kier alpha value is -0.610. The number of benzene rings is 1. The first-order valence-electron chi connectivity index (χ1n) is 4.87. The molecule has 1 aliphatic heterocycles. The molecule has 0 spiro atoms. The molecule has 0 bridgehead atoms. The molecule has 2 rings (SSSR count). The van der Waals surface area contributed by atoms with Crippen LogP contribution in [0.4, 0.5) is 0 Å². The van der Waals surface area contributed by atoms with Crippen molar-refractivity contribution in [3.63, 3.8) is 0 Å². The fraction of sp³-hybridized carbons (Fsp3) is 0.364. The molecule has 1 saturated heterocycles. The van der Waals surface area contributed by atoms with Crippen LogP contribution in [0, 0.1) is 0 Å². The Kier molecular flexibility index (Phi) is 3.59. The maximum atomic E-state index is 12.0. The van der Waals surface area contributed by atoms with Gasteiger partial charge in [0.25, 0.3) is 0 Å². The third kappa shape index (κ3) is 2.49. The molecule has 80 valence electrons. The summed E-state index contributed by atoms with van der Waals surface area (Å²) in [5, 5.41) is 0. The second-order valence-corrected chi connectivity index (χ2v) is 6.52. The predicted octanol–water partition coefficient (Wildman–Crippen LogP) is 2.08. The molecule has 0 amide bonds. The Morgan fingerprint density at radius 3 is 2.73 bits per heavy atom. The SMILES string of the molecule is O=C(c1ccccc1)[C@H]1SCCCS1=O. The highest BCUT2D eigenvalue weighted by Crippen LogP contribution is 2.25. The van der Waals surface area contributed by atoms with Crippen LogP contribution in [-0.4, -0.2) is 26.1 Å². The number of thioether (sulfide) groups is 1. The van der Waals surface area contributed by atoms with Gasteiger partial charge in [-0.05, 0) is 12.2 Å². The van der Waals surface area contributed by atoms with Crippen LogP contribution in [0.2, 0.25) is 0 Å². The van der Waals surface area contributed by atoms with Crippen LogP contribution in [0.15, 0.2) is 30.3 Å². The summed E-state index contributed by atoms with van der Waals surface area (Å²) in [6.07, 6.45) is 0.954. The molecular formula is C11H12O2S2. The van der Waals surface area contributed by atoms with Crippen molar-refractivity contribution in [3.05, 3.63) is 35.9 Å². The Morgan fingerprint density at radius 2 is 2.07 bits per heavy atom. The van der Waals surface area contributed by atoms with Crippen LogP contribution in [0.3, 0.4) is 0 Å². The minimum Gasteiger partial charge on any atom is -0.292 e. The molecule has 1 unspecified atom stereocenters. The van der Waals surface area contributed by atoms with Crippen molar-refractivity contribution >= 4 is 28.3 Å². The standard InChI is InChI=1S/C11H12O2S2/c12-10(9-5-2-1-3-6-9)11-14-7-4-8-15(11)13/h1-3,5-6,11H,4,7-8H2/t11-,15?/m0/s1. The fourth-order valence-electron chi connectivity index (χ4n) is 1.51. The monoisotopic (exact) mass is 240 g/mol. The summed E-state index contributed by atoms with van der Waals surface area (Å²) in [6.45, 7) is 0. The lowest BCUT2D eigenvalue weighted by Crippen LogP contribution is -2.28.